The summed E-state index contributed by atoms with van der Waals surface area (Å²) in [5, 5.41) is 5.74. The Hall–Kier alpha value is -2.22. The average molecular weight is 417 g/mol. The van der Waals surface area contributed by atoms with E-state index in [0.717, 1.165) is 16.3 Å². The summed E-state index contributed by atoms with van der Waals surface area (Å²) in [4.78, 5) is 14.7. The van der Waals surface area contributed by atoms with Gasteiger partial charge in [0.15, 0.2) is 0 Å². The average Bonchev–Trinajstić information content (AvgIpc) is 3.18. The van der Waals surface area contributed by atoms with Crippen molar-refractivity contribution in [3.8, 4) is 0 Å². The van der Waals surface area contributed by atoms with Crippen LogP contribution in [0.25, 0.3) is 10.8 Å². The number of hydrogen-bond donors (Lipinski definition) is 1. The monoisotopic (exact) mass is 416 g/mol. The van der Waals surface area contributed by atoms with Gasteiger partial charge in [-0.1, -0.05) is 44.2 Å². The van der Waals surface area contributed by atoms with Gasteiger partial charge in [-0.2, -0.15) is 16.1 Å². The molecule has 1 atom stereocenters. The Balaban J connectivity index is 1.82. The SMILES string of the molecule is CC(C)[C@@H](NS(=O)(=O)c1ccc2ccccc2c1)C(=O)N(C)Cc1ccsc1. The maximum atomic E-state index is 13.0. The number of carbonyl (C=O) groups excluding carboxylic acids is 1. The highest BCUT2D eigenvalue weighted by atomic mass is 32.2. The Morgan fingerprint density at radius 2 is 1.82 bits per heavy atom. The molecule has 1 heterocycles. The predicted molar refractivity (Wildman–Crippen MR) is 114 cm³/mol. The fourth-order valence-corrected chi connectivity index (χ4v) is 5.05. The van der Waals surface area contributed by atoms with Crippen molar-refractivity contribution in [3.63, 3.8) is 0 Å². The molecule has 1 aromatic heterocycles. The standard InChI is InChI=1S/C21H24N2O3S2/c1-15(2)20(21(24)23(3)13-16-10-11-27-14-16)22-28(25,26)19-9-8-17-6-4-5-7-18(17)12-19/h4-12,14-15,20,22H,13H2,1-3H3/t20-/m1/s1. The topological polar surface area (TPSA) is 66.5 Å². The normalized spacial score (nSPS) is 13.0. The van der Waals surface area contributed by atoms with E-state index >= 15 is 0 Å². The lowest BCUT2D eigenvalue weighted by molar-refractivity contribution is -0.133. The molecule has 2 aromatic carbocycles. The summed E-state index contributed by atoms with van der Waals surface area (Å²) in [6.07, 6.45) is 0. The smallest absolute Gasteiger partial charge is 0.241 e. The fraction of sp³-hybridized carbons (Fsp3) is 0.286. The van der Waals surface area contributed by atoms with E-state index in [1.807, 2.05) is 54.9 Å². The summed E-state index contributed by atoms with van der Waals surface area (Å²) in [5.41, 5.74) is 1.03. The molecule has 1 amide bonds. The van der Waals surface area contributed by atoms with Gasteiger partial charge in [0.2, 0.25) is 15.9 Å². The van der Waals surface area contributed by atoms with E-state index in [-0.39, 0.29) is 16.7 Å². The molecular weight excluding hydrogens is 392 g/mol. The van der Waals surface area contributed by atoms with Crippen LogP contribution in [0.3, 0.4) is 0 Å². The van der Waals surface area contributed by atoms with Crippen molar-refractivity contribution in [1.82, 2.24) is 9.62 Å². The number of nitrogens with one attached hydrogen (secondary N) is 1. The quantitative estimate of drug-likeness (QED) is 0.636. The highest BCUT2D eigenvalue weighted by molar-refractivity contribution is 7.89. The Morgan fingerprint density at radius 3 is 2.46 bits per heavy atom. The number of rotatable bonds is 7. The van der Waals surface area contributed by atoms with E-state index in [1.165, 1.54) is 0 Å². The first-order chi connectivity index (χ1) is 13.3. The van der Waals surface area contributed by atoms with Crippen molar-refractivity contribution in [2.24, 2.45) is 5.92 Å². The first kappa shape index (κ1) is 20.5. The molecule has 0 fully saturated rings. The number of benzene rings is 2. The molecule has 0 aliphatic carbocycles. The highest BCUT2D eigenvalue weighted by Crippen LogP contribution is 2.20. The Bertz CT molecular complexity index is 1060. The van der Waals surface area contributed by atoms with Gasteiger partial charge in [0, 0.05) is 13.6 Å². The molecule has 0 unspecified atom stereocenters. The molecule has 7 heteroatoms. The van der Waals surface area contributed by atoms with Crippen molar-refractivity contribution in [3.05, 3.63) is 64.9 Å². The zero-order valence-electron chi connectivity index (χ0n) is 16.1. The molecule has 28 heavy (non-hydrogen) atoms. The third-order valence-electron chi connectivity index (χ3n) is 4.62. The van der Waals surface area contributed by atoms with Gasteiger partial charge >= 0.3 is 0 Å². The third kappa shape index (κ3) is 4.60. The number of nitrogens with zero attached hydrogens (tertiary/aromatic N) is 1. The van der Waals surface area contributed by atoms with Crippen molar-refractivity contribution < 1.29 is 13.2 Å². The second-order valence-electron chi connectivity index (χ2n) is 7.18. The second-order valence-corrected chi connectivity index (χ2v) is 9.67. The molecule has 0 radical (unpaired) electrons. The third-order valence-corrected chi connectivity index (χ3v) is 6.79. The van der Waals surface area contributed by atoms with E-state index in [1.54, 1.807) is 41.5 Å². The van der Waals surface area contributed by atoms with Crippen LogP contribution in [0.4, 0.5) is 0 Å². The molecule has 3 rings (SSSR count). The van der Waals surface area contributed by atoms with Gasteiger partial charge in [0.05, 0.1) is 4.90 Å². The van der Waals surface area contributed by atoms with Crippen LogP contribution in [0.15, 0.2) is 64.2 Å². The van der Waals surface area contributed by atoms with Crippen LogP contribution < -0.4 is 4.72 Å². The first-order valence-corrected chi connectivity index (χ1v) is 11.5. The van der Waals surface area contributed by atoms with Gasteiger partial charge in [-0.05, 0) is 51.2 Å². The van der Waals surface area contributed by atoms with Crippen LogP contribution >= 0.6 is 11.3 Å². The summed E-state index contributed by atoms with van der Waals surface area (Å²) >= 11 is 1.57. The van der Waals surface area contributed by atoms with E-state index in [0.29, 0.717) is 6.54 Å². The number of thiophene rings is 1. The summed E-state index contributed by atoms with van der Waals surface area (Å²) in [6.45, 7) is 4.12. The van der Waals surface area contributed by atoms with E-state index in [4.69, 9.17) is 0 Å². The summed E-state index contributed by atoms with van der Waals surface area (Å²) in [6, 6.07) is 13.7. The molecular formula is C21H24N2O3S2. The van der Waals surface area contributed by atoms with Crippen LogP contribution in [0.2, 0.25) is 0 Å². The second kappa shape index (κ2) is 8.43. The fourth-order valence-electron chi connectivity index (χ4n) is 3.01. The van der Waals surface area contributed by atoms with E-state index < -0.39 is 16.1 Å². The summed E-state index contributed by atoms with van der Waals surface area (Å²) in [7, 11) is -2.14. The lowest BCUT2D eigenvalue weighted by atomic mass is 10.0. The van der Waals surface area contributed by atoms with Gasteiger partial charge in [-0.3, -0.25) is 4.79 Å². The molecule has 0 aliphatic heterocycles. The number of amides is 1. The van der Waals surface area contributed by atoms with Crippen molar-refractivity contribution >= 4 is 38.0 Å². The lowest BCUT2D eigenvalue weighted by Gasteiger charge is -2.27. The molecule has 0 bridgehead atoms. The summed E-state index contributed by atoms with van der Waals surface area (Å²) < 4.78 is 28.5. The largest absolute Gasteiger partial charge is 0.340 e. The van der Waals surface area contributed by atoms with Gasteiger partial charge < -0.3 is 4.90 Å². The minimum absolute atomic E-state index is 0.158. The van der Waals surface area contributed by atoms with Gasteiger partial charge in [-0.15, -0.1) is 0 Å². The Kier molecular flexibility index (Phi) is 6.17. The molecule has 0 saturated heterocycles. The van der Waals surface area contributed by atoms with E-state index in [9.17, 15) is 13.2 Å². The minimum atomic E-state index is -3.83. The maximum Gasteiger partial charge on any atom is 0.241 e. The maximum absolute atomic E-state index is 13.0. The minimum Gasteiger partial charge on any atom is -0.340 e. The van der Waals surface area contributed by atoms with Crippen LogP contribution in [0.5, 0.6) is 0 Å². The van der Waals surface area contributed by atoms with Crippen LogP contribution in [0.1, 0.15) is 19.4 Å². The van der Waals surface area contributed by atoms with Gasteiger partial charge in [0.25, 0.3) is 0 Å². The van der Waals surface area contributed by atoms with Crippen LogP contribution in [-0.4, -0.2) is 32.3 Å². The molecule has 5 nitrogen and oxygen atoms in total. The number of fused-ring (bicyclic) bond motifs is 1. The van der Waals surface area contributed by atoms with Crippen LogP contribution in [-0.2, 0) is 21.4 Å². The zero-order valence-corrected chi connectivity index (χ0v) is 17.8. The molecule has 148 valence electrons. The van der Waals surface area contributed by atoms with Gasteiger partial charge in [-0.25, -0.2) is 8.42 Å². The molecule has 3 aromatic rings. The molecule has 0 saturated carbocycles. The number of carbonyl (C=O) groups is 1. The molecule has 0 spiro atoms. The number of likely N-dealkylation sites (N-methyl/N-ethyl adjacent to an activating group) is 1. The van der Waals surface area contributed by atoms with Crippen molar-refractivity contribution in [2.75, 3.05) is 7.05 Å². The highest BCUT2D eigenvalue weighted by Gasteiger charge is 2.30. The van der Waals surface area contributed by atoms with Gasteiger partial charge in [0.1, 0.15) is 6.04 Å². The first-order valence-electron chi connectivity index (χ1n) is 9.05. The Morgan fingerprint density at radius 1 is 1.11 bits per heavy atom. The van der Waals surface area contributed by atoms with Crippen molar-refractivity contribution in [1.29, 1.82) is 0 Å². The van der Waals surface area contributed by atoms with Crippen LogP contribution in [0, 0.1) is 5.92 Å². The molecule has 1 N–H and O–H groups in total. The Labute approximate surface area is 170 Å². The number of sulfonamides is 1. The summed E-state index contributed by atoms with van der Waals surface area (Å²) in [5.74, 6) is -0.432. The zero-order chi connectivity index (χ0) is 20.3. The van der Waals surface area contributed by atoms with Crippen molar-refractivity contribution in [2.45, 2.75) is 31.3 Å². The predicted octanol–water partition coefficient (Wildman–Crippen LogP) is 3.86. The molecule has 0 aliphatic rings. The van der Waals surface area contributed by atoms with E-state index in [2.05, 4.69) is 4.72 Å². The lowest BCUT2D eigenvalue weighted by Crippen LogP contribution is -2.49. The number of hydrogen-bond acceptors (Lipinski definition) is 4.